The van der Waals surface area contributed by atoms with Gasteiger partial charge >= 0.3 is 0 Å². The van der Waals surface area contributed by atoms with Gasteiger partial charge in [0.05, 0.1) is 9.29 Å². The molecule has 14 heavy (non-hydrogen) atoms. The van der Waals surface area contributed by atoms with Gasteiger partial charge in [0.1, 0.15) is 5.71 Å². The molecular formula is C9H9I2N3. The minimum absolute atomic E-state index is 0.241. The van der Waals surface area contributed by atoms with Crippen LogP contribution in [0.5, 0.6) is 0 Å². The Morgan fingerprint density at radius 1 is 1.36 bits per heavy atom. The van der Waals surface area contributed by atoms with Gasteiger partial charge in [-0.2, -0.15) is 0 Å². The summed E-state index contributed by atoms with van der Waals surface area (Å²) in [6.45, 7) is 3.80. The maximum Gasteiger partial charge on any atom is 0.172 e. The zero-order valence-corrected chi connectivity index (χ0v) is 12.1. The summed E-state index contributed by atoms with van der Waals surface area (Å²) in [6, 6.07) is 0. The standard InChI is InChI=1S/C9H9I2N3/c1-3-4-13-8-7(11)6(10)5(2)14-9(8)12/h3-4,12H,1-2H3/b4-3-,12-9?,13-8-. The Morgan fingerprint density at radius 2 is 2.00 bits per heavy atom. The molecule has 0 aromatic carbocycles. The van der Waals surface area contributed by atoms with Crippen molar-refractivity contribution in [3.63, 3.8) is 0 Å². The van der Waals surface area contributed by atoms with Gasteiger partial charge in [-0.25, -0.2) is 4.99 Å². The number of allylic oxidation sites excluding steroid dienone is 2. The summed E-state index contributed by atoms with van der Waals surface area (Å²) in [5.41, 5.74) is 1.54. The molecule has 3 nitrogen and oxygen atoms in total. The van der Waals surface area contributed by atoms with Crippen molar-refractivity contribution in [2.75, 3.05) is 0 Å². The van der Waals surface area contributed by atoms with Crippen LogP contribution >= 0.6 is 45.2 Å². The predicted octanol–water partition coefficient (Wildman–Crippen LogP) is 3.49. The van der Waals surface area contributed by atoms with Crippen molar-refractivity contribution < 1.29 is 0 Å². The normalized spacial score (nSPS) is 21.0. The average Bonchev–Trinajstić information content (AvgIpc) is 2.14. The molecular weight excluding hydrogens is 404 g/mol. The fraction of sp³-hybridized carbons (Fsp3) is 0.222. The number of rotatable bonds is 1. The van der Waals surface area contributed by atoms with E-state index >= 15 is 0 Å². The lowest BCUT2D eigenvalue weighted by molar-refractivity contribution is 1.43. The van der Waals surface area contributed by atoms with Crippen LogP contribution in [0.3, 0.4) is 0 Å². The Labute approximate surface area is 110 Å². The first kappa shape index (κ1) is 12.0. The monoisotopic (exact) mass is 413 g/mol. The zero-order chi connectivity index (χ0) is 10.7. The first-order valence-corrected chi connectivity index (χ1v) is 6.13. The molecule has 0 atom stereocenters. The van der Waals surface area contributed by atoms with E-state index in [4.69, 9.17) is 5.41 Å². The van der Waals surface area contributed by atoms with Gasteiger partial charge in [0.2, 0.25) is 0 Å². The third-order valence-electron chi connectivity index (χ3n) is 1.57. The lowest BCUT2D eigenvalue weighted by Crippen LogP contribution is -2.19. The van der Waals surface area contributed by atoms with Gasteiger partial charge in [-0.1, -0.05) is 6.08 Å². The van der Waals surface area contributed by atoms with Crippen LogP contribution < -0.4 is 0 Å². The second-order valence-electron chi connectivity index (χ2n) is 2.63. The second-order valence-corrected chi connectivity index (χ2v) is 4.79. The van der Waals surface area contributed by atoms with E-state index in [2.05, 4.69) is 55.2 Å². The van der Waals surface area contributed by atoms with E-state index in [1.165, 1.54) is 0 Å². The number of dihydropyridines is 1. The molecule has 1 aliphatic heterocycles. The number of hydrogen-bond acceptors (Lipinski definition) is 2. The first-order chi connectivity index (χ1) is 6.57. The molecule has 0 fully saturated rings. The Bertz CT molecular complexity index is 389. The molecule has 0 saturated heterocycles. The Morgan fingerprint density at radius 3 is 2.57 bits per heavy atom. The lowest BCUT2D eigenvalue weighted by atomic mass is 10.2. The van der Waals surface area contributed by atoms with Gasteiger partial charge in [-0.15, -0.1) is 0 Å². The van der Waals surface area contributed by atoms with Crippen molar-refractivity contribution in [2.45, 2.75) is 13.8 Å². The summed E-state index contributed by atoms with van der Waals surface area (Å²) >= 11 is 4.43. The van der Waals surface area contributed by atoms with E-state index in [-0.39, 0.29) is 5.84 Å². The minimum Gasteiger partial charge on any atom is -0.281 e. The lowest BCUT2D eigenvalue weighted by Gasteiger charge is -2.12. The van der Waals surface area contributed by atoms with Crippen molar-refractivity contribution in [1.82, 2.24) is 0 Å². The number of halogens is 2. The number of aliphatic imine (C=N–C) groups is 2. The summed E-state index contributed by atoms with van der Waals surface area (Å²) < 4.78 is 2.07. The van der Waals surface area contributed by atoms with E-state index in [9.17, 15) is 0 Å². The minimum atomic E-state index is 0.241. The molecule has 0 aromatic heterocycles. The highest BCUT2D eigenvalue weighted by molar-refractivity contribution is 14.1. The molecule has 74 valence electrons. The van der Waals surface area contributed by atoms with Gasteiger partial charge in [-0.3, -0.25) is 10.4 Å². The summed E-state index contributed by atoms with van der Waals surface area (Å²) in [5, 5.41) is 7.68. The fourth-order valence-corrected chi connectivity index (χ4v) is 2.06. The van der Waals surface area contributed by atoms with Gasteiger partial charge in [0, 0.05) is 9.78 Å². The molecule has 0 aliphatic carbocycles. The molecule has 0 saturated carbocycles. The van der Waals surface area contributed by atoms with E-state index in [1.807, 2.05) is 19.9 Å². The quantitative estimate of drug-likeness (QED) is 0.641. The highest BCUT2D eigenvalue weighted by atomic mass is 127. The number of nitrogens with one attached hydrogen (secondary N) is 1. The Kier molecular flexibility index (Phi) is 4.42. The van der Waals surface area contributed by atoms with Crippen LogP contribution in [-0.4, -0.2) is 17.3 Å². The first-order valence-electron chi connectivity index (χ1n) is 3.97. The third-order valence-corrected chi connectivity index (χ3v) is 4.98. The highest BCUT2D eigenvalue weighted by Gasteiger charge is 2.20. The van der Waals surface area contributed by atoms with Crippen molar-refractivity contribution in [3.8, 4) is 0 Å². The van der Waals surface area contributed by atoms with Gasteiger partial charge in [0.25, 0.3) is 0 Å². The number of hydrogen-bond donors (Lipinski definition) is 1. The smallest absolute Gasteiger partial charge is 0.172 e. The summed E-state index contributed by atoms with van der Waals surface area (Å²) in [6.07, 6.45) is 3.52. The number of nitrogens with zero attached hydrogens (tertiary/aromatic N) is 2. The molecule has 1 rings (SSSR count). The van der Waals surface area contributed by atoms with Gasteiger partial charge < -0.3 is 0 Å². The van der Waals surface area contributed by atoms with Crippen LogP contribution in [0.25, 0.3) is 0 Å². The maximum atomic E-state index is 7.68. The number of amidine groups is 1. The Balaban J connectivity index is 3.19. The average molecular weight is 413 g/mol. The van der Waals surface area contributed by atoms with Crippen LogP contribution in [0.15, 0.2) is 29.4 Å². The molecule has 0 unspecified atom stereocenters. The molecule has 0 radical (unpaired) electrons. The summed E-state index contributed by atoms with van der Waals surface area (Å²) in [5.74, 6) is 0.241. The van der Waals surface area contributed by atoms with Gasteiger partial charge in [-0.05, 0) is 59.0 Å². The summed E-state index contributed by atoms with van der Waals surface area (Å²) in [7, 11) is 0. The largest absolute Gasteiger partial charge is 0.281 e. The van der Waals surface area contributed by atoms with E-state index in [0.29, 0.717) is 5.71 Å². The fourth-order valence-electron chi connectivity index (χ4n) is 0.903. The van der Waals surface area contributed by atoms with Crippen LogP contribution in [0.2, 0.25) is 0 Å². The van der Waals surface area contributed by atoms with E-state index < -0.39 is 0 Å². The molecule has 1 heterocycles. The van der Waals surface area contributed by atoms with E-state index in [0.717, 1.165) is 12.9 Å². The van der Waals surface area contributed by atoms with Crippen molar-refractivity contribution in [1.29, 1.82) is 5.41 Å². The van der Waals surface area contributed by atoms with E-state index in [1.54, 1.807) is 6.20 Å². The van der Waals surface area contributed by atoms with Crippen LogP contribution in [0.4, 0.5) is 0 Å². The van der Waals surface area contributed by atoms with Gasteiger partial charge in [0.15, 0.2) is 5.84 Å². The van der Waals surface area contributed by atoms with Crippen LogP contribution in [0.1, 0.15) is 13.8 Å². The molecule has 0 spiro atoms. The zero-order valence-electron chi connectivity index (χ0n) is 7.81. The van der Waals surface area contributed by atoms with Crippen molar-refractivity contribution in [3.05, 3.63) is 19.4 Å². The molecule has 1 N–H and O–H groups in total. The SMILES string of the molecule is C/C=C\N=C1/C(=N)N=C(C)C(I)=C1I. The van der Waals surface area contributed by atoms with Crippen LogP contribution in [0, 0.1) is 5.41 Å². The highest BCUT2D eigenvalue weighted by Crippen LogP contribution is 2.26. The summed E-state index contributed by atoms with van der Waals surface area (Å²) in [4.78, 5) is 8.30. The second kappa shape index (κ2) is 5.15. The predicted molar refractivity (Wildman–Crippen MR) is 78.2 cm³/mol. The van der Waals surface area contributed by atoms with Crippen molar-refractivity contribution >= 4 is 62.4 Å². The Hall–Kier alpha value is -0.0500. The molecule has 1 aliphatic rings. The molecule has 0 aromatic rings. The molecule has 5 heteroatoms. The topological polar surface area (TPSA) is 48.6 Å². The maximum absolute atomic E-state index is 7.68. The van der Waals surface area contributed by atoms with Crippen LogP contribution in [-0.2, 0) is 0 Å². The molecule has 0 amide bonds. The third kappa shape index (κ3) is 2.50. The van der Waals surface area contributed by atoms with Crippen molar-refractivity contribution in [2.24, 2.45) is 9.98 Å². The molecule has 0 bridgehead atoms.